The molecular formula is C19H19ClN4O2S2. The third kappa shape index (κ3) is 3.21. The summed E-state index contributed by atoms with van der Waals surface area (Å²) in [5.41, 5.74) is 7.12. The second-order valence-corrected chi connectivity index (χ2v) is 10.7. The lowest BCUT2D eigenvalue weighted by atomic mass is 10.0. The van der Waals surface area contributed by atoms with Gasteiger partial charge < -0.3 is 10.2 Å². The van der Waals surface area contributed by atoms with Crippen LogP contribution in [-0.4, -0.2) is 38.1 Å². The maximum absolute atomic E-state index is 12.9. The summed E-state index contributed by atoms with van der Waals surface area (Å²) in [4.78, 5) is 10.6. The number of hydrogen-bond acceptors (Lipinski definition) is 6. The molecule has 0 saturated carbocycles. The van der Waals surface area contributed by atoms with Crippen LogP contribution in [-0.2, 0) is 15.2 Å². The molecular weight excluding hydrogens is 416 g/mol. The molecule has 2 N–H and O–H groups in total. The van der Waals surface area contributed by atoms with Gasteiger partial charge in [0.15, 0.2) is 0 Å². The molecule has 0 radical (unpaired) electrons. The van der Waals surface area contributed by atoms with Gasteiger partial charge in [-0.1, -0.05) is 23.7 Å². The van der Waals surface area contributed by atoms with Crippen molar-refractivity contribution < 1.29 is 8.63 Å². The van der Waals surface area contributed by atoms with Gasteiger partial charge in [0, 0.05) is 17.5 Å². The number of thiophene rings is 1. The summed E-state index contributed by atoms with van der Waals surface area (Å²) in [6.07, 6.45) is 3.16. The number of benzene rings is 1. The van der Waals surface area contributed by atoms with E-state index in [1.165, 1.54) is 15.6 Å². The third-order valence-electron chi connectivity index (χ3n) is 4.71. The van der Waals surface area contributed by atoms with Gasteiger partial charge in [0.1, 0.15) is 11.8 Å². The summed E-state index contributed by atoms with van der Waals surface area (Å²) >= 11 is 8.08. The highest BCUT2D eigenvalue weighted by molar-refractivity contribution is 7.98. The van der Waals surface area contributed by atoms with Crippen molar-refractivity contribution in [2.75, 3.05) is 12.8 Å². The van der Waals surface area contributed by atoms with E-state index in [2.05, 4.69) is 15.8 Å². The normalized spacial score (nSPS) is 25.0. The van der Waals surface area contributed by atoms with E-state index in [1.807, 2.05) is 37.3 Å². The van der Waals surface area contributed by atoms with Gasteiger partial charge in [0.2, 0.25) is 11.9 Å². The fourth-order valence-corrected chi connectivity index (χ4v) is 6.59. The van der Waals surface area contributed by atoms with Crippen LogP contribution >= 0.6 is 22.9 Å². The van der Waals surface area contributed by atoms with E-state index >= 15 is 0 Å². The van der Waals surface area contributed by atoms with Crippen LogP contribution < -0.4 is 5.73 Å². The molecule has 28 heavy (non-hydrogen) atoms. The smallest absolute Gasteiger partial charge is 0.225 e. The maximum atomic E-state index is 12.9. The lowest BCUT2D eigenvalue weighted by Gasteiger charge is -2.36. The Labute approximate surface area is 172 Å². The van der Waals surface area contributed by atoms with Crippen molar-refractivity contribution in [1.82, 2.24) is 9.29 Å². The molecule has 9 heteroatoms. The molecule has 146 valence electrons. The van der Waals surface area contributed by atoms with E-state index in [1.54, 1.807) is 19.5 Å². The molecule has 0 saturated heterocycles. The zero-order valence-electron chi connectivity index (χ0n) is 15.4. The van der Waals surface area contributed by atoms with Crippen LogP contribution in [0, 0.1) is 0 Å². The lowest BCUT2D eigenvalue weighted by Crippen LogP contribution is -2.50. The number of halogens is 1. The average Bonchev–Trinajstić information content (AvgIpc) is 3.29. The molecule has 1 aliphatic rings. The molecule has 1 unspecified atom stereocenters. The molecule has 3 aromatic rings. The molecule has 0 bridgehead atoms. The average molecular weight is 435 g/mol. The summed E-state index contributed by atoms with van der Waals surface area (Å²) in [5, 5.41) is 0.579. The second-order valence-electron chi connectivity index (χ2n) is 6.86. The fraction of sp³-hybridized carbons (Fsp3) is 0.211. The van der Waals surface area contributed by atoms with Gasteiger partial charge in [-0.2, -0.15) is 0 Å². The predicted octanol–water partition coefficient (Wildman–Crippen LogP) is 3.83. The zero-order valence-corrected chi connectivity index (χ0v) is 17.8. The zero-order chi connectivity index (χ0) is 20.1. The fourth-order valence-electron chi connectivity index (χ4n) is 3.20. The van der Waals surface area contributed by atoms with Crippen molar-refractivity contribution in [1.29, 1.82) is 0 Å². The first-order valence-corrected chi connectivity index (χ1v) is 11.5. The standard InChI is InChI=1S/C19H19ClN4O2S2/c1-19(11-28(3,25)24(2)18(21)23-19)16-14(20)10-15(27-16)12-4-6-13(7-5-12)17-22-8-9-26-17/h4-10H,3,11H2,1-2H3,(H2,21,23)/t19-,28?/m0/s1. The third-order valence-corrected chi connectivity index (χ3v) is 8.76. The lowest BCUT2D eigenvalue weighted by molar-refractivity contribution is 0.522. The molecule has 1 aliphatic heterocycles. The molecule has 0 fully saturated rings. The van der Waals surface area contributed by atoms with Crippen molar-refractivity contribution >= 4 is 44.5 Å². The van der Waals surface area contributed by atoms with E-state index < -0.39 is 15.2 Å². The number of oxazole rings is 1. The minimum absolute atomic E-state index is 0.204. The Bertz CT molecular complexity index is 1150. The molecule has 0 aliphatic carbocycles. The Hall–Kier alpha value is -2.29. The first-order chi connectivity index (χ1) is 13.2. The minimum Gasteiger partial charge on any atom is -0.445 e. The molecule has 1 aromatic carbocycles. The van der Waals surface area contributed by atoms with Crippen LogP contribution in [0.3, 0.4) is 0 Å². The number of nitrogens with zero attached hydrogens (tertiary/aromatic N) is 3. The van der Waals surface area contributed by atoms with Gasteiger partial charge in [-0.15, -0.1) is 11.3 Å². The van der Waals surface area contributed by atoms with Gasteiger partial charge in [0.25, 0.3) is 0 Å². The van der Waals surface area contributed by atoms with E-state index in [-0.39, 0.29) is 11.7 Å². The van der Waals surface area contributed by atoms with E-state index in [9.17, 15) is 4.21 Å². The van der Waals surface area contributed by atoms with E-state index in [4.69, 9.17) is 21.8 Å². The van der Waals surface area contributed by atoms with Crippen LogP contribution in [0.5, 0.6) is 0 Å². The quantitative estimate of drug-likeness (QED) is 0.635. The van der Waals surface area contributed by atoms with E-state index in [0.29, 0.717) is 10.9 Å². The summed E-state index contributed by atoms with van der Waals surface area (Å²) < 4.78 is 19.6. The number of hydrogen-bond donors (Lipinski definition) is 1. The number of rotatable bonds is 3. The number of aliphatic imine (C=N–C) groups is 1. The molecule has 0 spiro atoms. The first kappa shape index (κ1) is 19.0. The number of aromatic nitrogens is 1. The van der Waals surface area contributed by atoms with Crippen LogP contribution in [0.2, 0.25) is 5.02 Å². The monoisotopic (exact) mass is 434 g/mol. The van der Waals surface area contributed by atoms with Crippen LogP contribution in [0.25, 0.3) is 21.9 Å². The highest BCUT2D eigenvalue weighted by atomic mass is 35.5. The maximum Gasteiger partial charge on any atom is 0.225 e. The van der Waals surface area contributed by atoms with Crippen LogP contribution in [0.4, 0.5) is 0 Å². The highest BCUT2D eigenvalue weighted by Crippen LogP contribution is 2.44. The van der Waals surface area contributed by atoms with Gasteiger partial charge in [-0.3, -0.25) is 4.31 Å². The number of nitrogens with two attached hydrogens (primary N) is 1. The first-order valence-electron chi connectivity index (χ1n) is 8.44. The molecule has 4 rings (SSSR count). The summed E-state index contributed by atoms with van der Waals surface area (Å²) in [6, 6.07) is 9.78. The largest absolute Gasteiger partial charge is 0.445 e. The molecule has 0 amide bonds. The highest BCUT2D eigenvalue weighted by Gasteiger charge is 2.39. The van der Waals surface area contributed by atoms with Crippen molar-refractivity contribution in [2.24, 2.45) is 10.7 Å². The minimum atomic E-state index is -2.56. The number of guanidine groups is 1. The Morgan fingerprint density at radius 2 is 2.04 bits per heavy atom. The Morgan fingerprint density at radius 3 is 2.64 bits per heavy atom. The molecule has 3 heterocycles. The van der Waals surface area contributed by atoms with Crippen LogP contribution in [0.15, 0.2) is 52.2 Å². The Kier molecular flexibility index (Phi) is 4.52. The summed E-state index contributed by atoms with van der Waals surface area (Å²) in [5.74, 6) is 4.88. The molecule has 6 nitrogen and oxygen atoms in total. The summed E-state index contributed by atoms with van der Waals surface area (Å²) in [6.45, 7) is 1.89. The van der Waals surface area contributed by atoms with Crippen molar-refractivity contribution in [3.63, 3.8) is 0 Å². The molecule has 2 atom stereocenters. The SMILES string of the molecule is C=S1(=O)C[C@@](C)(c2sc(-c3ccc(-c4ncco4)cc3)cc2Cl)N=C(N)N1C. The Balaban J connectivity index is 1.71. The topological polar surface area (TPSA) is 84.7 Å². The molecule has 2 aromatic heterocycles. The second kappa shape index (κ2) is 6.65. The Morgan fingerprint density at radius 1 is 1.36 bits per heavy atom. The van der Waals surface area contributed by atoms with Gasteiger partial charge >= 0.3 is 0 Å². The van der Waals surface area contributed by atoms with Crippen molar-refractivity contribution in [3.05, 3.63) is 52.7 Å². The predicted molar refractivity (Wildman–Crippen MR) is 117 cm³/mol. The summed E-state index contributed by atoms with van der Waals surface area (Å²) in [7, 11) is -0.918. The van der Waals surface area contributed by atoms with Gasteiger partial charge in [-0.05, 0) is 36.6 Å². The van der Waals surface area contributed by atoms with Crippen molar-refractivity contribution in [2.45, 2.75) is 12.5 Å². The van der Waals surface area contributed by atoms with Crippen LogP contribution in [0.1, 0.15) is 11.8 Å². The van der Waals surface area contributed by atoms with Gasteiger partial charge in [-0.25, -0.2) is 14.2 Å². The van der Waals surface area contributed by atoms with Crippen molar-refractivity contribution in [3.8, 4) is 21.9 Å². The van der Waals surface area contributed by atoms with Gasteiger partial charge in [0.05, 0.1) is 31.6 Å². The van der Waals surface area contributed by atoms with E-state index in [0.717, 1.165) is 20.9 Å².